The standard InChI is InChI=1S/C33H51NO3/c1-25(2)12-9-13-26(3)14-10-15-27(4)16-11-18-33(6)19-17-29-30-23-34(20-7-8-21-35)24-36-31(30)22-28(5)32(29)37-33/h12,14,16,22,35H,7-11,13,15,17-21,23-24H2,1-6H3/b26-14+,27-16+/t33-/m1/s1. The zero-order valence-corrected chi connectivity index (χ0v) is 24.4. The molecule has 0 saturated heterocycles. The number of fused-ring (bicyclic) bond motifs is 3. The second-order valence-corrected chi connectivity index (χ2v) is 11.8. The summed E-state index contributed by atoms with van der Waals surface area (Å²) in [6.45, 7) is 16.1. The molecule has 1 atom stereocenters. The number of ether oxygens (including phenoxy) is 2. The number of hydrogen-bond acceptors (Lipinski definition) is 4. The van der Waals surface area contributed by atoms with Gasteiger partial charge < -0.3 is 14.6 Å². The maximum Gasteiger partial charge on any atom is 0.142 e. The van der Waals surface area contributed by atoms with E-state index in [4.69, 9.17) is 14.6 Å². The van der Waals surface area contributed by atoms with Gasteiger partial charge in [-0.05, 0) is 117 Å². The number of benzene rings is 1. The topological polar surface area (TPSA) is 41.9 Å². The highest BCUT2D eigenvalue weighted by atomic mass is 16.5. The molecule has 2 aliphatic heterocycles. The van der Waals surface area contributed by atoms with Gasteiger partial charge in [0.2, 0.25) is 0 Å². The molecule has 1 aromatic carbocycles. The van der Waals surface area contributed by atoms with E-state index in [0.717, 1.165) is 82.4 Å². The van der Waals surface area contributed by atoms with Gasteiger partial charge in [0.1, 0.15) is 23.8 Å². The van der Waals surface area contributed by atoms with Crippen LogP contribution in [-0.2, 0) is 13.0 Å². The van der Waals surface area contributed by atoms with Crippen LogP contribution in [0.2, 0.25) is 0 Å². The first kappa shape index (κ1) is 29.5. The molecule has 2 aliphatic rings. The number of nitrogens with zero attached hydrogens (tertiary/aromatic N) is 1. The lowest BCUT2D eigenvalue weighted by molar-refractivity contribution is 0.0523. The Balaban J connectivity index is 1.53. The van der Waals surface area contributed by atoms with Crippen LogP contribution in [0.15, 0.2) is 41.0 Å². The maximum atomic E-state index is 9.11. The summed E-state index contributed by atoms with van der Waals surface area (Å²) in [5.41, 5.74) is 8.11. The molecule has 3 rings (SSSR count). The van der Waals surface area contributed by atoms with Crippen LogP contribution < -0.4 is 9.47 Å². The Hall–Kier alpha value is -2.04. The van der Waals surface area contributed by atoms with Gasteiger partial charge in [-0.1, -0.05) is 34.9 Å². The van der Waals surface area contributed by atoms with E-state index in [1.165, 1.54) is 39.8 Å². The average molecular weight is 510 g/mol. The first-order valence-electron chi connectivity index (χ1n) is 14.5. The van der Waals surface area contributed by atoms with Gasteiger partial charge in [-0.3, -0.25) is 4.90 Å². The highest BCUT2D eigenvalue weighted by Crippen LogP contribution is 2.44. The highest BCUT2D eigenvalue weighted by Gasteiger charge is 2.35. The number of aliphatic hydroxyl groups excluding tert-OH is 1. The summed E-state index contributed by atoms with van der Waals surface area (Å²) in [6, 6.07) is 2.17. The molecule has 0 bridgehead atoms. The van der Waals surface area contributed by atoms with Crippen molar-refractivity contribution in [3.63, 3.8) is 0 Å². The van der Waals surface area contributed by atoms with Gasteiger partial charge in [0.15, 0.2) is 0 Å². The third-order valence-electron chi connectivity index (χ3n) is 7.85. The van der Waals surface area contributed by atoms with Crippen LogP contribution in [0.5, 0.6) is 11.5 Å². The monoisotopic (exact) mass is 509 g/mol. The Morgan fingerprint density at radius 2 is 1.70 bits per heavy atom. The van der Waals surface area contributed by atoms with Crippen molar-refractivity contribution in [1.29, 1.82) is 0 Å². The summed E-state index contributed by atoms with van der Waals surface area (Å²) in [6.07, 6.45) is 17.8. The van der Waals surface area contributed by atoms with Gasteiger partial charge in [0.05, 0.1) is 0 Å². The van der Waals surface area contributed by atoms with Gasteiger partial charge in [0, 0.05) is 30.8 Å². The van der Waals surface area contributed by atoms with Crippen LogP contribution in [0, 0.1) is 6.92 Å². The average Bonchev–Trinajstić information content (AvgIpc) is 2.84. The Bertz CT molecular complexity index is 986. The first-order valence-corrected chi connectivity index (χ1v) is 14.5. The molecule has 1 aromatic rings. The molecule has 2 heterocycles. The lowest BCUT2D eigenvalue weighted by Crippen LogP contribution is -2.38. The number of aliphatic hydroxyl groups is 1. The summed E-state index contributed by atoms with van der Waals surface area (Å²) in [5, 5.41) is 9.11. The van der Waals surface area contributed by atoms with Crippen molar-refractivity contribution in [2.24, 2.45) is 0 Å². The first-order chi connectivity index (χ1) is 17.7. The van der Waals surface area contributed by atoms with Crippen molar-refractivity contribution in [2.45, 2.75) is 118 Å². The second-order valence-electron chi connectivity index (χ2n) is 11.8. The van der Waals surface area contributed by atoms with Crippen LogP contribution in [0.4, 0.5) is 0 Å². The fourth-order valence-corrected chi connectivity index (χ4v) is 5.43. The number of aryl methyl sites for hydroxylation is 1. The van der Waals surface area contributed by atoms with Crippen molar-refractivity contribution in [2.75, 3.05) is 19.9 Å². The second kappa shape index (κ2) is 14.2. The number of rotatable bonds is 13. The van der Waals surface area contributed by atoms with Gasteiger partial charge in [0.25, 0.3) is 0 Å². The molecule has 0 saturated carbocycles. The van der Waals surface area contributed by atoms with E-state index in [9.17, 15) is 0 Å². The van der Waals surface area contributed by atoms with E-state index in [-0.39, 0.29) is 12.2 Å². The SMILES string of the molecule is CC(C)=CCC/C(C)=C/CC/C(C)=C/CC[C@]1(C)CCc2c3c(cc(C)c2O1)OCN(CCCCO)C3. The minimum atomic E-state index is -0.124. The molecule has 0 aromatic heterocycles. The zero-order valence-electron chi connectivity index (χ0n) is 24.4. The van der Waals surface area contributed by atoms with Gasteiger partial charge in [-0.2, -0.15) is 0 Å². The van der Waals surface area contributed by atoms with Crippen LogP contribution in [0.3, 0.4) is 0 Å². The molecular weight excluding hydrogens is 458 g/mol. The minimum absolute atomic E-state index is 0.124. The van der Waals surface area contributed by atoms with Crippen LogP contribution >= 0.6 is 0 Å². The van der Waals surface area contributed by atoms with Crippen LogP contribution in [0.1, 0.15) is 109 Å². The van der Waals surface area contributed by atoms with E-state index < -0.39 is 0 Å². The molecular formula is C33H51NO3. The van der Waals surface area contributed by atoms with Crippen molar-refractivity contribution in [3.05, 3.63) is 57.7 Å². The third-order valence-corrected chi connectivity index (χ3v) is 7.85. The van der Waals surface area contributed by atoms with E-state index in [1.807, 2.05) is 0 Å². The lowest BCUT2D eigenvalue weighted by atomic mass is 9.85. The molecule has 1 N–H and O–H groups in total. The molecule has 0 amide bonds. The summed E-state index contributed by atoms with van der Waals surface area (Å²) < 4.78 is 12.9. The fraction of sp³-hybridized carbons (Fsp3) is 0.636. The Labute approximate surface area is 226 Å². The summed E-state index contributed by atoms with van der Waals surface area (Å²) in [7, 11) is 0. The summed E-state index contributed by atoms with van der Waals surface area (Å²) >= 11 is 0. The zero-order chi connectivity index (χ0) is 26.8. The molecule has 4 nitrogen and oxygen atoms in total. The highest BCUT2D eigenvalue weighted by molar-refractivity contribution is 5.55. The number of unbranched alkanes of at least 4 members (excludes halogenated alkanes) is 1. The van der Waals surface area contributed by atoms with Crippen molar-refractivity contribution < 1.29 is 14.6 Å². The minimum Gasteiger partial charge on any atom is -0.487 e. The van der Waals surface area contributed by atoms with E-state index in [1.54, 1.807) is 0 Å². The van der Waals surface area contributed by atoms with Gasteiger partial charge in [-0.15, -0.1) is 0 Å². The Kier molecular flexibility index (Phi) is 11.3. The van der Waals surface area contributed by atoms with Crippen LogP contribution in [0.25, 0.3) is 0 Å². The number of hydrogen-bond donors (Lipinski definition) is 1. The lowest BCUT2D eigenvalue weighted by Gasteiger charge is -2.39. The summed E-state index contributed by atoms with van der Waals surface area (Å²) in [5.74, 6) is 2.12. The predicted octanol–water partition coefficient (Wildman–Crippen LogP) is 8.20. The van der Waals surface area contributed by atoms with E-state index >= 15 is 0 Å². The molecule has 37 heavy (non-hydrogen) atoms. The summed E-state index contributed by atoms with van der Waals surface area (Å²) in [4.78, 5) is 2.34. The van der Waals surface area contributed by atoms with Gasteiger partial charge in [-0.25, -0.2) is 0 Å². The van der Waals surface area contributed by atoms with Crippen molar-refractivity contribution >= 4 is 0 Å². The molecule has 206 valence electrons. The largest absolute Gasteiger partial charge is 0.487 e. The molecule has 0 fully saturated rings. The predicted molar refractivity (Wildman–Crippen MR) is 155 cm³/mol. The molecule has 0 radical (unpaired) electrons. The smallest absolute Gasteiger partial charge is 0.142 e. The van der Waals surface area contributed by atoms with E-state index in [0.29, 0.717) is 6.73 Å². The normalized spacial score (nSPS) is 20.1. The maximum absolute atomic E-state index is 9.11. The van der Waals surface area contributed by atoms with Crippen molar-refractivity contribution in [3.8, 4) is 11.5 Å². The Morgan fingerprint density at radius 3 is 2.41 bits per heavy atom. The Morgan fingerprint density at radius 1 is 1.00 bits per heavy atom. The molecule has 0 unspecified atom stereocenters. The molecule has 4 heteroatoms. The van der Waals surface area contributed by atoms with Crippen LogP contribution in [-0.4, -0.2) is 35.5 Å². The van der Waals surface area contributed by atoms with Gasteiger partial charge >= 0.3 is 0 Å². The van der Waals surface area contributed by atoms with E-state index in [2.05, 4.69) is 70.7 Å². The third kappa shape index (κ3) is 9.04. The quantitative estimate of drug-likeness (QED) is 0.215. The van der Waals surface area contributed by atoms with Crippen molar-refractivity contribution in [1.82, 2.24) is 4.90 Å². The number of allylic oxidation sites excluding steroid dienone is 6. The molecule has 0 aliphatic carbocycles. The molecule has 0 spiro atoms. The fourth-order valence-electron chi connectivity index (χ4n) is 5.43.